The molecule has 0 unspecified atom stereocenters. The van der Waals surface area contributed by atoms with Crippen molar-refractivity contribution in [1.29, 1.82) is 0 Å². The molecule has 2 aromatic carbocycles. The zero-order valence-electron chi connectivity index (χ0n) is 12.0. The van der Waals surface area contributed by atoms with Gasteiger partial charge in [-0.15, -0.1) is 0 Å². The first-order valence-electron chi connectivity index (χ1n) is 6.83. The Morgan fingerprint density at radius 2 is 1.71 bits per heavy atom. The molecule has 3 rings (SSSR count). The van der Waals surface area contributed by atoms with Crippen LogP contribution >= 0.6 is 0 Å². The highest BCUT2D eigenvalue weighted by Gasteiger charge is 2.30. The molecule has 1 N–H and O–H groups in total. The largest absolute Gasteiger partial charge is 0.478 e. The molecule has 122 valence electrons. The lowest BCUT2D eigenvalue weighted by atomic mass is 10.0. The Morgan fingerprint density at radius 1 is 1.04 bits per heavy atom. The van der Waals surface area contributed by atoms with E-state index < -0.39 is 17.7 Å². The standard InChI is InChI=1S/C17H10F3NO3/c18-17(19,20)11-7-5-10(6-8-11)14-9-15(24-21-14)12-3-1-2-4-13(12)16(22)23/h1-9H,(H,22,23). The summed E-state index contributed by atoms with van der Waals surface area (Å²) in [5.74, 6) is -0.888. The molecule has 0 saturated carbocycles. The number of hydrogen-bond donors (Lipinski definition) is 1. The van der Waals surface area contributed by atoms with Gasteiger partial charge >= 0.3 is 12.1 Å². The van der Waals surface area contributed by atoms with Gasteiger partial charge in [-0.05, 0) is 18.2 Å². The van der Waals surface area contributed by atoms with E-state index in [9.17, 15) is 23.1 Å². The zero-order chi connectivity index (χ0) is 17.3. The van der Waals surface area contributed by atoms with E-state index in [1.165, 1.54) is 24.3 Å². The molecular weight excluding hydrogens is 323 g/mol. The van der Waals surface area contributed by atoms with Crippen LogP contribution in [0, 0.1) is 0 Å². The van der Waals surface area contributed by atoms with Crippen molar-refractivity contribution in [3.8, 4) is 22.6 Å². The lowest BCUT2D eigenvalue weighted by Gasteiger charge is -2.06. The smallest absolute Gasteiger partial charge is 0.416 e. The molecule has 4 nitrogen and oxygen atoms in total. The molecule has 0 aliphatic heterocycles. The number of rotatable bonds is 3. The van der Waals surface area contributed by atoms with Crippen molar-refractivity contribution in [2.75, 3.05) is 0 Å². The molecule has 3 aromatic rings. The summed E-state index contributed by atoms with van der Waals surface area (Å²) in [7, 11) is 0. The van der Waals surface area contributed by atoms with Crippen molar-refractivity contribution in [3.63, 3.8) is 0 Å². The van der Waals surface area contributed by atoms with Crippen LogP contribution in [-0.4, -0.2) is 16.2 Å². The van der Waals surface area contributed by atoms with Crippen molar-refractivity contribution in [2.45, 2.75) is 6.18 Å². The highest BCUT2D eigenvalue weighted by molar-refractivity contribution is 5.95. The van der Waals surface area contributed by atoms with Crippen LogP contribution in [0.4, 0.5) is 13.2 Å². The monoisotopic (exact) mass is 333 g/mol. The third-order valence-corrected chi connectivity index (χ3v) is 3.44. The van der Waals surface area contributed by atoms with Gasteiger partial charge in [0.1, 0.15) is 5.69 Å². The van der Waals surface area contributed by atoms with E-state index in [1.807, 2.05) is 0 Å². The van der Waals surface area contributed by atoms with Gasteiger partial charge in [-0.1, -0.05) is 35.5 Å². The molecule has 0 fully saturated rings. The van der Waals surface area contributed by atoms with Crippen LogP contribution in [0.2, 0.25) is 0 Å². The van der Waals surface area contributed by atoms with Gasteiger partial charge in [0.2, 0.25) is 0 Å². The zero-order valence-corrected chi connectivity index (χ0v) is 12.0. The summed E-state index contributed by atoms with van der Waals surface area (Å²) < 4.78 is 42.9. The van der Waals surface area contributed by atoms with Crippen LogP contribution in [0.5, 0.6) is 0 Å². The Kier molecular flexibility index (Phi) is 3.84. The van der Waals surface area contributed by atoms with Crippen molar-refractivity contribution in [1.82, 2.24) is 5.16 Å². The molecule has 0 atom stereocenters. The average Bonchev–Trinajstić information content (AvgIpc) is 3.04. The van der Waals surface area contributed by atoms with E-state index in [1.54, 1.807) is 18.2 Å². The van der Waals surface area contributed by atoms with Gasteiger partial charge in [0.15, 0.2) is 5.76 Å². The molecule has 24 heavy (non-hydrogen) atoms. The number of hydrogen-bond acceptors (Lipinski definition) is 3. The summed E-state index contributed by atoms with van der Waals surface area (Å²) in [5.41, 5.74) is 0.388. The van der Waals surface area contributed by atoms with E-state index in [4.69, 9.17) is 4.52 Å². The third kappa shape index (κ3) is 3.01. The highest BCUT2D eigenvalue weighted by atomic mass is 19.4. The maximum Gasteiger partial charge on any atom is 0.416 e. The van der Waals surface area contributed by atoms with Gasteiger partial charge in [0.05, 0.1) is 11.1 Å². The van der Waals surface area contributed by atoms with Crippen LogP contribution < -0.4 is 0 Å². The third-order valence-electron chi connectivity index (χ3n) is 3.44. The number of nitrogens with zero attached hydrogens (tertiary/aromatic N) is 1. The molecule has 7 heteroatoms. The number of alkyl halides is 3. The molecule has 1 aromatic heterocycles. The van der Waals surface area contributed by atoms with E-state index in [2.05, 4.69) is 5.16 Å². The predicted molar refractivity (Wildman–Crippen MR) is 79.3 cm³/mol. The highest BCUT2D eigenvalue weighted by Crippen LogP contribution is 2.32. The van der Waals surface area contributed by atoms with Crippen molar-refractivity contribution in [3.05, 3.63) is 65.7 Å². The van der Waals surface area contributed by atoms with Crippen molar-refractivity contribution < 1.29 is 27.6 Å². The number of carboxylic acid groups (broad SMARTS) is 1. The van der Waals surface area contributed by atoms with E-state index >= 15 is 0 Å². The molecule has 1 heterocycles. The molecule has 0 radical (unpaired) electrons. The first kappa shape index (κ1) is 15.8. The van der Waals surface area contributed by atoms with E-state index in [-0.39, 0.29) is 11.3 Å². The molecule has 0 spiro atoms. The van der Waals surface area contributed by atoms with Gasteiger partial charge < -0.3 is 9.63 Å². The summed E-state index contributed by atoms with van der Waals surface area (Å²) in [5, 5.41) is 13.0. The second-order valence-electron chi connectivity index (χ2n) is 5.00. The number of aromatic carboxylic acids is 1. The van der Waals surface area contributed by atoms with Crippen LogP contribution in [0.3, 0.4) is 0 Å². The summed E-state index contributed by atoms with van der Waals surface area (Å²) in [6, 6.07) is 12.2. The minimum atomic E-state index is -4.41. The topological polar surface area (TPSA) is 63.3 Å². The SMILES string of the molecule is O=C(O)c1ccccc1-c1cc(-c2ccc(C(F)(F)F)cc2)no1. The predicted octanol–water partition coefficient (Wildman–Crippen LogP) is 4.73. The van der Waals surface area contributed by atoms with Crippen molar-refractivity contribution >= 4 is 5.97 Å². The van der Waals surface area contributed by atoms with Crippen LogP contribution in [-0.2, 0) is 6.18 Å². The Morgan fingerprint density at radius 3 is 2.33 bits per heavy atom. The van der Waals surface area contributed by atoms with Gasteiger partial charge in [-0.2, -0.15) is 13.2 Å². The summed E-state index contributed by atoms with van der Waals surface area (Å²) >= 11 is 0. The first-order chi connectivity index (χ1) is 11.4. The lowest BCUT2D eigenvalue weighted by molar-refractivity contribution is -0.137. The van der Waals surface area contributed by atoms with Crippen molar-refractivity contribution in [2.24, 2.45) is 0 Å². The summed E-state index contributed by atoms with van der Waals surface area (Å²) in [4.78, 5) is 11.2. The molecule has 0 saturated heterocycles. The second kappa shape index (κ2) is 5.84. The van der Waals surface area contributed by atoms with Crippen LogP contribution in [0.1, 0.15) is 15.9 Å². The van der Waals surface area contributed by atoms with Gasteiger partial charge in [0.25, 0.3) is 0 Å². The van der Waals surface area contributed by atoms with Crippen LogP contribution in [0.25, 0.3) is 22.6 Å². The fourth-order valence-electron chi connectivity index (χ4n) is 2.25. The van der Waals surface area contributed by atoms with Gasteiger partial charge in [0, 0.05) is 17.2 Å². The Labute approximate surface area is 134 Å². The van der Waals surface area contributed by atoms with Gasteiger partial charge in [-0.3, -0.25) is 0 Å². The van der Waals surface area contributed by atoms with E-state index in [0.717, 1.165) is 12.1 Å². The molecule has 0 aliphatic carbocycles. The maximum atomic E-state index is 12.6. The maximum absolute atomic E-state index is 12.6. The van der Waals surface area contributed by atoms with Gasteiger partial charge in [-0.25, -0.2) is 4.79 Å². The lowest BCUT2D eigenvalue weighted by Crippen LogP contribution is -2.03. The Bertz CT molecular complexity index is 883. The number of benzene rings is 2. The first-order valence-corrected chi connectivity index (χ1v) is 6.83. The Hall–Kier alpha value is -3.09. The Balaban J connectivity index is 1.96. The number of carboxylic acids is 1. The number of carbonyl (C=O) groups is 1. The molecule has 0 bridgehead atoms. The fraction of sp³-hybridized carbons (Fsp3) is 0.0588. The molecule has 0 aliphatic rings. The fourth-order valence-corrected chi connectivity index (χ4v) is 2.25. The van der Waals surface area contributed by atoms with E-state index in [0.29, 0.717) is 16.8 Å². The minimum absolute atomic E-state index is 0.0487. The quantitative estimate of drug-likeness (QED) is 0.753. The molecule has 0 amide bonds. The number of halogens is 3. The second-order valence-corrected chi connectivity index (χ2v) is 5.00. The normalized spacial score (nSPS) is 11.5. The average molecular weight is 333 g/mol. The summed E-state index contributed by atoms with van der Waals surface area (Å²) in [6.45, 7) is 0. The molecular formula is C17H10F3NO3. The summed E-state index contributed by atoms with van der Waals surface area (Å²) in [6.07, 6.45) is -4.41. The van der Waals surface area contributed by atoms with Crippen LogP contribution in [0.15, 0.2) is 59.1 Å². The number of aromatic nitrogens is 1. The minimum Gasteiger partial charge on any atom is -0.478 e.